The van der Waals surface area contributed by atoms with Crippen LogP contribution in [-0.4, -0.2) is 5.78 Å². The van der Waals surface area contributed by atoms with Gasteiger partial charge in [0.2, 0.25) is 0 Å². The summed E-state index contributed by atoms with van der Waals surface area (Å²) in [6, 6.07) is 4.34. The third-order valence-corrected chi connectivity index (χ3v) is 2.46. The molecule has 0 amide bonds. The summed E-state index contributed by atoms with van der Waals surface area (Å²) >= 11 is 0. The molecule has 0 atom stereocenters. The van der Waals surface area contributed by atoms with E-state index in [0.717, 1.165) is 6.42 Å². The molecule has 0 heterocycles. The van der Waals surface area contributed by atoms with Gasteiger partial charge in [0.05, 0.1) is 5.69 Å². The number of carbonyl (C=O) groups excluding carboxylic acids is 1. The van der Waals surface area contributed by atoms with Crippen LogP contribution in [0.25, 0.3) is 0 Å². The van der Waals surface area contributed by atoms with Gasteiger partial charge in [0.1, 0.15) is 5.82 Å². The highest BCUT2D eigenvalue weighted by molar-refractivity contribution is 6.00. The molecule has 16 heavy (non-hydrogen) atoms. The Morgan fingerprint density at radius 1 is 1.38 bits per heavy atom. The zero-order chi connectivity index (χ0) is 12.3. The molecule has 0 saturated heterocycles. The standard InChI is InChI=1S/C13H18FNO/c1-13(2,3)8-7-11(16)9-5-4-6-10(14)12(9)15/h4-6H,7-8,15H2,1-3H3. The van der Waals surface area contributed by atoms with Gasteiger partial charge in [-0.1, -0.05) is 26.8 Å². The Morgan fingerprint density at radius 3 is 2.56 bits per heavy atom. The minimum Gasteiger partial charge on any atom is -0.396 e. The summed E-state index contributed by atoms with van der Waals surface area (Å²) in [6.45, 7) is 6.19. The highest BCUT2D eigenvalue weighted by Gasteiger charge is 2.16. The molecule has 0 aliphatic rings. The van der Waals surface area contributed by atoms with Gasteiger partial charge >= 0.3 is 0 Å². The lowest BCUT2D eigenvalue weighted by molar-refractivity contribution is 0.0966. The van der Waals surface area contributed by atoms with Crippen LogP contribution in [0.3, 0.4) is 0 Å². The van der Waals surface area contributed by atoms with Crippen molar-refractivity contribution < 1.29 is 9.18 Å². The van der Waals surface area contributed by atoms with Crippen LogP contribution in [0, 0.1) is 11.2 Å². The van der Waals surface area contributed by atoms with Crippen LogP contribution in [0.1, 0.15) is 44.0 Å². The Balaban J connectivity index is 2.78. The second kappa shape index (κ2) is 4.64. The van der Waals surface area contributed by atoms with E-state index in [4.69, 9.17) is 5.73 Å². The van der Waals surface area contributed by atoms with Crippen molar-refractivity contribution in [1.82, 2.24) is 0 Å². The molecular formula is C13H18FNO. The number of hydrogen-bond acceptors (Lipinski definition) is 2. The number of anilines is 1. The summed E-state index contributed by atoms with van der Waals surface area (Å²) in [5, 5.41) is 0. The first-order valence-electron chi connectivity index (χ1n) is 5.38. The van der Waals surface area contributed by atoms with Crippen LogP contribution in [0.4, 0.5) is 10.1 Å². The van der Waals surface area contributed by atoms with Gasteiger partial charge in [-0.25, -0.2) is 4.39 Å². The Labute approximate surface area is 95.7 Å². The van der Waals surface area contributed by atoms with Gasteiger partial charge in [-0.3, -0.25) is 4.79 Å². The SMILES string of the molecule is CC(C)(C)CCC(=O)c1cccc(F)c1N. The van der Waals surface area contributed by atoms with E-state index in [9.17, 15) is 9.18 Å². The van der Waals surface area contributed by atoms with Crippen LogP contribution in [-0.2, 0) is 0 Å². The van der Waals surface area contributed by atoms with Crippen molar-refractivity contribution in [2.45, 2.75) is 33.6 Å². The lowest BCUT2D eigenvalue weighted by atomic mass is 9.88. The normalized spacial score (nSPS) is 11.5. The van der Waals surface area contributed by atoms with Crippen molar-refractivity contribution in [2.24, 2.45) is 5.41 Å². The van der Waals surface area contributed by atoms with E-state index in [2.05, 4.69) is 20.8 Å². The van der Waals surface area contributed by atoms with Crippen molar-refractivity contribution in [3.63, 3.8) is 0 Å². The molecule has 0 bridgehead atoms. The average molecular weight is 223 g/mol. The summed E-state index contributed by atoms with van der Waals surface area (Å²) in [7, 11) is 0. The zero-order valence-corrected chi connectivity index (χ0v) is 10.0. The van der Waals surface area contributed by atoms with Crippen LogP contribution in [0.5, 0.6) is 0 Å². The quantitative estimate of drug-likeness (QED) is 0.630. The molecule has 3 heteroatoms. The number of carbonyl (C=O) groups is 1. The lowest BCUT2D eigenvalue weighted by Crippen LogP contribution is -2.11. The average Bonchev–Trinajstić information content (AvgIpc) is 2.17. The van der Waals surface area contributed by atoms with E-state index < -0.39 is 5.82 Å². The fourth-order valence-corrected chi connectivity index (χ4v) is 1.40. The third kappa shape index (κ3) is 3.33. The van der Waals surface area contributed by atoms with Crippen LogP contribution >= 0.6 is 0 Å². The molecule has 0 aliphatic carbocycles. The van der Waals surface area contributed by atoms with Gasteiger partial charge in [-0.2, -0.15) is 0 Å². The van der Waals surface area contributed by atoms with Crippen molar-refractivity contribution in [3.8, 4) is 0 Å². The van der Waals surface area contributed by atoms with E-state index in [-0.39, 0.29) is 16.9 Å². The fraction of sp³-hybridized carbons (Fsp3) is 0.462. The van der Waals surface area contributed by atoms with Crippen molar-refractivity contribution >= 4 is 11.5 Å². The maximum absolute atomic E-state index is 13.1. The number of benzene rings is 1. The van der Waals surface area contributed by atoms with Gasteiger partial charge in [0.15, 0.2) is 5.78 Å². The van der Waals surface area contributed by atoms with E-state index in [1.807, 2.05) is 0 Å². The molecule has 0 saturated carbocycles. The number of rotatable bonds is 3. The smallest absolute Gasteiger partial charge is 0.165 e. The van der Waals surface area contributed by atoms with Gasteiger partial charge in [-0.05, 0) is 24.0 Å². The maximum Gasteiger partial charge on any atom is 0.165 e. The fourth-order valence-electron chi connectivity index (χ4n) is 1.40. The van der Waals surface area contributed by atoms with Crippen molar-refractivity contribution in [1.29, 1.82) is 0 Å². The van der Waals surface area contributed by atoms with Crippen LogP contribution < -0.4 is 5.73 Å². The number of nitrogens with two attached hydrogens (primary N) is 1. The molecule has 0 radical (unpaired) electrons. The van der Waals surface area contributed by atoms with Crippen molar-refractivity contribution in [2.75, 3.05) is 5.73 Å². The van der Waals surface area contributed by atoms with Gasteiger partial charge in [0.25, 0.3) is 0 Å². The first-order chi connectivity index (χ1) is 7.31. The molecule has 1 rings (SSSR count). The molecule has 0 unspecified atom stereocenters. The summed E-state index contributed by atoms with van der Waals surface area (Å²) in [6.07, 6.45) is 1.17. The Bertz CT molecular complexity index is 393. The molecule has 0 fully saturated rings. The first kappa shape index (κ1) is 12.7. The molecular weight excluding hydrogens is 205 g/mol. The molecule has 0 spiro atoms. The van der Waals surface area contributed by atoms with Gasteiger partial charge in [0, 0.05) is 12.0 Å². The molecule has 0 aliphatic heterocycles. The van der Waals surface area contributed by atoms with Crippen molar-refractivity contribution in [3.05, 3.63) is 29.6 Å². The summed E-state index contributed by atoms with van der Waals surface area (Å²) < 4.78 is 13.1. The predicted octanol–water partition coefficient (Wildman–Crippen LogP) is 3.42. The first-order valence-corrected chi connectivity index (χ1v) is 5.38. The van der Waals surface area contributed by atoms with Crippen LogP contribution in [0.2, 0.25) is 0 Å². The molecule has 0 aromatic heterocycles. The maximum atomic E-state index is 13.1. The summed E-state index contributed by atoms with van der Waals surface area (Å²) in [4.78, 5) is 11.8. The second-order valence-corrected chi connectivity index (χ2v) is 5.18. The Hall–Kier alpha value is -1.38. The summed E-state index contributed by atoms with van der Waals surface area (Å²) in [5.41, 5.74) is 5.88. The minimum absolute atomic E-state index is 0.0404. The highest BCUT2D eigenvalue weighted by Crippen LogP contribution is 2.24. The number of hydrogen-bond donors (Lipinski definition) is 1. The Kier molecular flexibility index (Phi) is 3.68. The molecule has 2 N–H and O–H groups in total. The van der Waals surface area contributed by atoms with Gasteiger partial charge < -0.3 is 5.73 Å². The van der Waals surface area contributed by atoms with E-state index in [0.29, 0.717) is 12.0 Å². The lowest BCUT2D eigenvalue weighted by Gasteiger charge is -2.17. The number of para-hydroxylation sites is 1. The largest absolute Gasteiger partial charge is 0.396 e. The van der Waals surface area contributed by atoms with Crippen LogP contribution in [0.15, 0.2) is 18.2 Å². The van der Waals surface area contributed by atoms with E-state index >= 15 is 0 Å². The van der Waals surface area contributed by atoms with E-state index in [1.54, 1.807) is 6.07 Å². The zero-order valence-electron chi connectivity index (χ0n) is 10.0. The minimum atomic E-state index is -0.526. The molecule has 2 nitrogen and oxygen atoms in total. The highest BCUT2D eigenvalue weighted by atomic mass is 19.1. The summed E-state index contributed by atoms with van der Waals surface area (Å²) in [5.74, 6) is -0.617. The number of halogens is 1. The predicted molar refractivity (Wildman–Crippen MR) is 63.8 cm³/mol. The number of ketones is 1. The molecule has 88 valence electrons. The Morgan fingerprint density at radius 2 is 2.00 bits per heavy atom. The van der Waals surface area contributed by atoms with Gasteiger partial charge in [-0.15, -0.1) is 0 Å². The number of Topliss-reactive ketones (excluding diaryl/α,β-unsaturated/α-hetero) is 1. The molecule has 1 aromatic rings. The third-order valence-electron chi connectivity index (χ3n) is 2.46. The van der Waals surface area contributed by atoms with E-state index in [1.165, 1.54) is 12.1 Å². The monoisotopic (exact) mass is 223 g/mol. The second-order valence-electron chi connectivity index (χ2n) is 5.18. The molecule has 1 aromatic carbocycles. The topological polar surface area (TPSA) is 43.1 Å². The number of nitrogen functional groups attached to an aromatic ring is 1.